The van der Waals surface area contributed by atoms with Gasteiger partial charge in [0.25, 0.3) is 5.91 Å². The lowest BCUT2D eigenvalue weighted by molar-refractivity contribution is 0.0951. The van der Waals surface area contributed by atoms with Crippen molar-refractivity contribution in [2.75, 3.05) is 11.9 Å². The number of carbonyl (C=O) groups is 1. The minimum Gasteiger partial charge on any atom is -0.370 e. The molecular formula is C15H15BrClN3O. The highest BCUT2D eigenvalue weighted by Gasteiger charge is 2.09. The van der Waals surface area contributed by atoms with Crippen LogP contribution in [-0.2, 0) is 6.54 Å². The molecule has 6 heteroatoms. The third-order valence-corrected chi connectivity index (χ3v) is 3.44. The second-order valence-electron chi connectivity index (χ2n) is 4.41. The summed E-state index contributed by atoms with van der Waals surface area (Å²) in [4.78, 5) is 16.3. The molecule has 0 aliphatic carbocycles. The molecule has 1 aromatic heterocycles. The van der Waals surface area contributed by atoms with Gasteiger partial charge in [-0.3, -0.25) is 4.79 Å². The number of aromatic nitrogens is 1. The monoisotopic (exact) mass is 367 g/mol. The smallest absolute Gasteiger partial charge is 0.251 e. The predicted molar refractivity (Wildman–Crippen MR) is 88.7 cm³/mol. The molecule has 0 aliphatic heterocycles. The third kappa shape index (κ3) is 4.72. The van der Waals surface area contributed by atoms with Gasteiger partial charge in [-0.2, -0.15) is 0 Å². The summed E-state index contributed by atoms with van der Waals surface area (Å²) in [5, 5.41) is 6.20. The van der Waals surface area contributed by atoms with Gasteiger partial charge in [-0.05, 0) is 36.8 Å². The topological polar surface area (TPSA) is 54.0 Å². The molecule has 0 radical (unpaired) electrons. The SMILES string of the molecule is CCNc1cc(C(=O)NCc2cccc(Br)c2)cc(Cl)n1. The van der Waals surface area contributed by atoms with Crippen molar-refractivity contribution in [1.29, 1.82) is 0 Å². The van der Waals surface area contributed by atoms with Crippen LogP contribution in [-0.4, -0.2) is 17.4 Å². The Bertz CT molecular complexity index is 649. The van der Waals surface area contributed by atoms with Gasteiger partial charge in [-0.1, -0.05) is 39.7 Å². The van der Waals surface area contributed by atoms with Crippen LogP contribution in [0.3, 0.4) is 0 Å². The highest BCUT2D eigenvalue weighted by molar-refractivity contribution is 9.10. The minimum atomic E-state index is -0.182. The van der Waals surface area contributed by atoms with E-state index in [2.05, 4.69) is 31.5 Å². The Labute approximate surface area is 137 Å². The van der Waals surface area contributed by atoms with Crippen LogP contribution < -0.4 is 10.6 Å². The van der Waals surface area contributed by atoms with Gasteiger partial charge in [0, 0.05) is 23.1 Å². The van der Waals surface area contributed by atoms with Gasteiger partial charge in [-0.25, -0.2) is 4.98 Å². The van der Waals surface area contributed by atoms with Gasteiger partial charge in [0.2, 0.25) is 0 Å². The van der Waals surface area contributed by atoms with Crippen LogP contribution in [0.2, 0.25) is 5.15 Å². The number of carbonyl (C=O) groups excluding carboxylic acids is 1. The fourth-order valence-electron chi connectivity index (χ4n) is 1.83. The lowest BCUT2D eigenvalue weighted by Crippen LogP contribution is -2.23. The summed E-state index contributed by atoms with van der Waals surface area (Å²) in [5.74, 6) is 0.413. The number of halogens is 2. The molecule has 0 unspecified atom stereocenters. The van der Waals surface area contributed by atoms with Crippen molar-refractivity contribution in [2.24, 2.45) is 0 Å². The average molecular weight is 369 g/mol. The lowest BCUT2D eigenvalue weighted by atomic mass is 10.2. The second kappa shape index (κ2) is 7.43. The molecule has 2 rings (SSSR count). The quantitative estimate of drug-likeness (QED) is 0.788. The van der Waals surface area contributed by atoms with E-state index in [0.717, 1.165) is 10.0 Å². The van der Waals surface area contributed by atoms with E-state index in [1.165, 1.54) is 0 Å². The standard InChI is InChI=1S/C15H15BrClN3O/c1-2-18-14-8-11(7-13(17)20-14)15(21)19-9-10-4-3-5-12(16)6-10/h3-8H,2,9H2,1H3,(H,18,20)(H,19,21). The van der Waals surface area contributed by atoms with E-state index in [-0.39, 0.29) is 5.91 Å². The molecule has 2 aromatic rings. The van der Waals surface area contributed by atoms with E-state index in [0.29, 0.717) is 29.6 Å². The van der Waals surface area contributed by atoms with Gasteiger partial charge in [-0.15, -0.1) is 0 Å². The third-order valence-electron chi connectivity index (χ3n) is 2.76. The molecule has 0 aliphatic rings. The van der Waals surface area contributed by atoms with E-state index in [1.54, 1.807) is 12.1 Å². The van der Waals surface area contributed by atoms with Crippen LogP contribution in [0.1, 0.15) is 22.8 Å². The Balaban J connectivity index is 2.06. The minimum absolute atomic E-state index is 0.182. The van der Waals surface area contributed by atoms with Gasteiger partial charge in [0.05, 0.1) is 0 Å². The lowest BCUT2D eigenvalue weighted by Gasteiger charge is -2.08. The van der Waals surface area contributed by atoms with Gasteiger partial charge in [0.15, 0.2) is 0 Å². The van der Waals surface area contributed by atoms with Crippen LogP contribution in [0, 0.1) is 0 Å². The molecule has 1 amide bonds. The van der Waals surface area contributed by atoms with E-state index in [1.807, 2.05) is 31.2 Å². The maximum absolute atomic E-state index is 12.2. The normalized spacial score (nSPS) is 10.2. The number of pyridine rings is 1. The van der Waals surface area contributed by atoms with Crippen molar-refractivity contribution >= 4 is 39.3 Å². The molecule has 0 saturated heterocycles. The summed E-state index contributed by atoms with van der Waals surface area (Å²) in [5.41, 5.74) is 1.51. The zero-order chi connectivity index (χ0) is 15.2. The number of rotatable bonds is 5. The molecule has 2 N–H and O–H groups in total. The molecule has 0 spiro atoms. The number of nitrogens with zero attached hydrogens (tertiary/aromatic N) is 1. The summed E-state index contributed by atoms with van der Waals surface area (Å²) in [7, 11) is 0. The van der Waals surface area contributed by atoms with Crippen LogP contribution in [0.15, 0.2) is 40.9 Å². The van der Waals surface area contributed by atoms with Crippen LogP contribution in [0.5, 0.6) is 0 Å². The van der Waals surface area contributed by atoms with E-state index in [4.69, 9.17) is 11.6 Å². The van der Waals surface area contributed by atoms with Crippen molar-refractivity contribution in [1.82, 2.24) is 10.3 Å². The Hall–Kier alpha value is -1.59. The first kappa shape index (κ1) is 15.8. The number of hydrogen-bond acceptors (Lipinski definition) is 3. The molecule has 0 bridgehead atoms. The second-order valence-corrected chi connectivity index (χ2v) is 5.71. The molecule has 21 heavy (non-hydrogen) atoms. The molecule has 0 saturated carbocycles. The van der Waals surface area contributed by atoms with Crippen molar-refractivity contribution < 1.29 is 4.79 Å². The van der Waals surface area contributed by atoms with Crippen molar-refractivity contribution in [3.05, 3.63) is 57.2 Å². The Morgan fingerprint density at radius 3 is 2.86 bits per heavy atom. The first-order valence-corrected chi connectivity index (χ1v) is 7.69. The number of nitrogens with one attached hydrogen (secondary N) is 2. The fourth-order valence-corrected chi connectivity index (χ4v) is 2.49. The summed E-state index contributed by atoms with van der Waals surface area (Å²) in [6, 6.07) is 11.0. The summed E-state index contributed by atoms with van der Waals surface area (Å²) in [6.07, 6.45) is 0. The molecule has 0 atom stereocenters. The summed E-state index contributed by atoms with van der Waals surface area (Å²) in [6.45, 7) is 3.12. The van der Waals surface area contributed by atoms with E-state index in [9.17, 15) is 4.79 Å². The van der Waals surface area contributed by atoms with Crippen LogP contribution in [0.4, 0.5) is 5.82 Å². The number of amides is 1. The van der Waals surface area contributed by atoms with Gasteiger partial charge in [0.1, 0.15) is 11.0 Å². The number of anilines is 1. The Morgan fingerprint density at radius 2 is 2.14 bits per heavy atom. The molecule has 0 fully saturated rings. The maximum atomic E-state index is 12.2. The van der Waals surface area contributed by atoms with Gasteiger partial charge >= 0.3 is 0 Å². The average Bonchev–Trinajstić information content (AvgIpc) is 2.44. The van der Waals surface area contributed by atoms with Crippen LogP contribution in [0.25, 0.3) is 0 Å². The molecule has 110 valence electrons. The molecular weight excluding hydrogens is 354 g/mol. The highest BCUT2D eigenvalue weighted by atomic mass is 79.9. The maximum Gasteiger partial charge on any atom is 0.251 e. The number of benzene rings is 1. The molecule has 1 heterocycles. The Kier molecular flexibility index (Phi) is 5.59. The summed E-state index contributed by atoms with van der Waals surface area (Å²) >= 11 is 9.33. The first-order chi connectivity index (χ1) is 10.1. The van der Waals surface area contributed by atoms with E-state index < -0.39 is 0 Å². The number of hydrogen-bond donors (Lipinski definition) is 2. The molecule has 1 aromatic carbocycles. The highest BCUT2D eigenvalue weighted by Crippen LogP contribution is 2.15. The Morgan fingerprint density at radius 1 is 1.33 bits per heavy atom. The molecule has 4 nitrogen and oxygen atoms in total. The first-order valence-electron chi connectivity index (χ1n) is 6.52. The van der Waals surface area contributed by atoms with E-state index >= 15 is 0 Å². The largest absolute Gasteiger partial charge is 0.370 e. The van der Waals surface area contributed by atoms with Gasteiger partial charge < -0.3 is 10.6 Å². The zero-order valence-electron chi connectivity index (χ0n) is 11.5. The predicted octanol–water partition coefficient (Wildman–Crippen LogP) is 3.86. The zero-order valence-corrected chi connectivity index (χ0v) is 13.8. The summed E-state index contributed by atoms with van der Waals surface area (Å²) < 4.78 is 0.982. The van der Waals surface area contributed by atoms with Crippen molar-refractivity contribution in [3.8, 4) is 0 Å². The van der Waals surface area contributed by atoms with Crippen LogP contribution >= 0.6 is 27.5 Å². The van der Waals surface area contributed by atoms with Crippen molar-refractivity contribution in [3.63, 3.8) is 0 Å². The van der Waals surface area contributed by atoms with Crippen molar-refractivity contribution in [2.45, 2.75) is 13.5 Å². The fraction of sp³-hybridized carbons (Fsp3) is 0.200.